The molecule has 1 saturated heterocycles. The third-order valence-corrected chi connectivity index (χ3v) is 4.35. The summed E-state index contributed by atoms with van der Waals surface area (Å²) in [5, 5.41) is 18.3. The smallest absolute Gasteiger partial charge is 0.229 e. The number of anilines is 1. The predicted molar refractivity (Wildman–Crippen MR) is 92.6 cm³/mol. The summed E-state index contributed by atoms with van der Waals surface area (Å²) in [6.45, 7) is 2.30. The summed E-state index contributed by atoms with van der Waals surface area (Å²) in [4.78, 5) is 12.4. The van der Waals surface area contributed by atoms with E-state index in [1.165, 1.54) is 6.33 Å². The van der Waals surface area contributed by atoms with E-state index in [9.17, 15) is 4.79 Å². The standard InChI is InChI=1S/C17H19N7O2/c25-17(9-13-1-3-15(4-2-13)24-12-18-21-22-24)20-16-5-7-19-23(16)10-14-6-8-26-11-14/h1-5,7,12,14H,6,8-11H2,(H,20,25)/t14-/m0/s1. The highest BCUT2D eigenvalue weighted by Crippen LogP contribution is 2.17. The monoisotopic (exact) mass is 353 g/mol. The molecule has 0 spiro atoms. The Morgan fingerprint density at radius 1 is 1.27 bits per heavy atom. The van der Waals surface area contributed by atoms with Crippen LogP contribution in [0.4, 0.5) is 5.82 Å². The number of hydrogen-bond acceptors (Lipinski definition) is 6. The Morgan fingerprint density at radius 2 is 2.15 bits per heavy atom. The molecule has 134 valence electrons. The normalized spacial score (nSPS) is 16.7. The van der Waals surface area contributed by atoms with Crippen molar-refractivity contribution in [2.75, 3.05) is 18.5 Å². The summed E-state index contributed by atoms with van der Waals surface area (Å²) in [7, 11) is 0. The molecule has 1 amide bonds. The molecule has 26 heavy (non-hydrogen) atoms. The number of benzene rings is 1. The Kier molecular flexibility index (Phi) is 4.69. The molecule has 1 N–H and O–H groups in total. The van der Waals surface area contributed by atoms with Gasteiger partial charge in [0.2, 0.25) is 5.91 Å². The Balaban J connectivity index is 1.36. The van der Waals surface area contributed by atoms with Gasteiger partial charge in [-0.3, -0.25) is 4.79 Å². The van der Waals surface area contributed by atoms with Gasteiger partial charge in [-0.2, -0.15) is 5.10 Å². The van der Waals surface area contributed by atoms with E-state index in [4.69, 9.17) is 4.74 Å². The third kappa shape index (κ3) is 3.77. The summed E-state index contributed by atoms with van der Waals surface area (Å²) in [6, 6.07) is 9.36. The first kappa shape index (κ1) is 16.4. The number of aromatic nitrogens is 6. The predicted octanol–water partition coefficient (Wildman–Crippen LogP) is 1.08. The number of tetrazole rings is 1. The fraction of sp³-hybridized carbons (Fsp3) is 0.353. The zero-order chi connectivity index (χ0) is 17.8. The van der Waals surface area contributed by atoms with E-state index in [-0.39, 0.29) is 12.3 Å². The second kappa shape index (κ2) is 7.44. The van der Waals surface area contributed by atoms with Gasteiger partial charge in [0.05, 0.1) is 24.9 Å². The first-order valence-electron chi connectivity index (χ1n) is 8.49. The number of nitrogens with one attached hydrogen (secondary N) is 1. The fourth-order valence-corrected chi connectivity index (χ4v) is 2.97. The molecular weight excluding hydrogens is 334 g/mol. The molecule has 9 heteroatoms. The van der Waals surface area contributed by atoms with Gasteiger partial charge in [-0.1, -0.05) is 12.1 Å². The second-order valence-electron chi connectivity index (χ2n) is 6.27. The maximum absolute atomic E-state index is 12.4. The number of carbonyl (C=O) groups excluding carboxylic acids is 1. The summed E-state index contributed by atoms with van der Waals surface area (Å²) in [6.07, 6.45) is 4.54. The van der Waals surface area contributed by atoms with Crippen molar-refractivity contribution in [3.8, 4) is 5.69 Å². The van der Waals surface area contributed by atoms with E-state index in [2.05, 4.69) is 25.9 Å². The van der Waals surface area contributed by atoms with Crippen molar-refractivity contribution in [3.05, 3.63) is 48.4 Å². The molecule has 3 aromatic rings. The number of carbonyl (C=O) groups is 1. The van der Waals surface area contributed by atoms with Crippen LogP contribution in [0.3, 0.4) is 0 Å². The highest BCUT2D eigenvalue weighted by molar-refractivity contribution is 5.91. The van der Waals surface area contributed by atoms with Gasteiger partial charge >= 0.3 is 0 Å². The van der Waals surface area contributed by atoms with Crippen LogP contribution in [-0.4, -0.2) is 49.1 Å². The Hall–Kier alpha value is -3.07. The first-order valence-corrected chi connectivity index (χ1v) is 8.49. The van der Waals surface area contributed by atoms with Gasteiger partial charge < -0.3 is 10.1 Å². The van der Waals surface area contributed by atoms with Gasteiger partial charge in [-0.25, -0.2) is 9.36 Å². The highest BCUT2D eigenvalue weighted by atomic mass is 16.5. The Labute approximate surface area is 150 Å². The van der Waals surface area contributed by atoms with Gasteiger partial charge in [0.15, 0.2) is 0 Å². The van der Waals surface area contributed by atoms with Gasteiger partial charge in [0.25, 0.3) is 0 Å². The van der Waals surface area contributed by atoms with Crippen LogP contribution in [0.25, 0.3) is 5.69 Å². The lowest BCUT2D eigenvalue weighted by atomic mass is 10.1. The highest BCUT2D eigenvalue weighted by Gasteiger charge is 2.18. The number of ether oxygens (including phenoxy) is 1. The lowest BCUT2D eigenvalue weighted by molar-refractivity contribution is -0.115. The van der Waals surface area contributed by atoms with Gasteiger partial charge in [0, 0.05) is 25.1 Å². The van der Waals surface area contributed by atoms with E-state index < -0.39 is 0 Å². The number of amides is 1. The lowest BCUT2D eigenvalue weighted by Gasteiger charge is -2.12. The van der Waals surface area contributed by atoms with Gasteiger partial charge in [0.1, 0.15) is 12.1 Å². The largest absolute Gasteiger partial charge is 0.381 e. The molecule has 1 aliphatic rings. The molecule has 3 heterocycles. The summed E-state index contributed by atoms with van der Waals surface area (Å²) in [5.41, 5.74) is 1.76. The van der Waals surface area contributed by atoms with Crippen LogP contribution < -0.4 is 5.32 Å². The van der Waals surface area contributed by atoms with Crippen LogP contribution in [0.15, 0.2) is 42.9 Å². The van der Waals surface area contributed by atoms with E-state index >= 15 is 0 Å². The maximum Gasteiger partial charge on any atom is 0.229 e. The first-order chi connectivity index (χ1) is 12.8. The number of nitrogens with zero attached hydrogens (tertiary/aromatic N) is 6. The van der Waals surface area contributed by atoms with Crippen LogP contribution >= 0.6 is 0 Å². The van der Waals surface area contributed by atoms with Crippen molar-refractivity contribution < 1.29 is 9.53 Å². The van der Waals surface area contributed by atoms with Gasteiger partial charge in [-0.15, -0.1) is 5.10 Å². The minimum Gasteiger partial charge on any atom is -0.381 e. The maximum atomic E-state index is 12.4. The van der Waals surface area contributed by atoms with Crippen LogP contribution in [0, 0.1) is 5.92 Å². The van der Waals surface area contributed by atoms with E-state index in [1.807, 2.05) is 35.0 Å². The van der Waals surface area contributed by atoms with Crippen LogP contribution in [0.1, 0.15) is 12.0 Å². The fourth-order valence-electron chi connectivity index (χ4n) is 2.97. The van der Waals surface area contributed by atoms with E-state index in [0.717, 1.165) is 37.4 Å². The number of hydrogen-bond donors (Lipinski definition) is 1. The zero-order valence-corrected chi connectivity index (χ0v) is 14.2. The van der Waals surface area contributed by atoms with Crippen LogP contribution in [-0.2, 0) is 22.5 Å². The molecule has 1 aliphatic heterocycles. The molecule has 0 saturated carbocycles. The minimum absolute atomic E-state index is 0.0791. The van der Waals surface area contributed by atoms with Crippen LogP contribution in [0.5, 0.6) is 0 Å². The zero-order valence-electron chi connectivity index (χ0n) is 14.2. The molecule has 1 atom stereocenters. The third-order valence-electron chi connectivity index (χ3n) is 4.35. The Bertz CT molecular complexity index is 852. The summed E-state index contributed by atoms with van der Waals surface area (Å²) < 4.78 is 8.80. The second-order valence-corrected chi connectivity index (χ2v) is 6.27. The van der Waals surface area contributed by atoms with Crippen molar-refractivity contribution in [2.45, 2.75) is 19.4 Å². The number of rotatable bonds is 6. The molecule has 4 rings (SSSR count). The van der Waals surface area contributed by atoms with Crippen molar-refractivity contribution >= 4 is 11.7 Å². The topological polar surface area (TPSA) is 99.8 Å². The summed E-state index contributed by atoms with van der Waals surface area (Å²) >= 11 is 0. The summed E-state index contributed by atoms with van der Waals surface area (Å²) in [5.74, 6) is 1.08. The molecule has 0 radical (unpaired) electrons. The quantitative estimate of drug-likeness (QED) is 0.712. The molecule has 1 aromatic carbocycles. The van der Waals surface area contributed by atoms with Crippen molar-refractivity contribution in [1.82, 2.24) is 30.0 Å². The molecule has 2 aromatic heterocycles. The van der Waals surface area contributed by atoms with E-state index in [1.54, 1.807) is 10.9 Å². The SMILES string of the molecule is O=C(Cc1ccc(-n2cnnn2)cc1)Nc1ccnn1C[C@@H]1CCOC1. The van der Waals surface area contributed by atoms with Crippen molar-refractivity contribution in [2.24, 2.45) is 5.92 Å². The molecule has 0 bridgehead atoms. The van der Waals surface area contributed by atoms with E-state index in [0.29, 0.717) is 11.7 Å². The van der Waals surface area contributed by atoms with Gasteiger partial charge in [-0.05, 0) is 34.5 Å². The average molecular weight is 353 g/mol. The molecule has 1 fully saturated rings. The molecule has 0 aliphatic carbocycles. The molecule has 0 unspecified atom stereocenters. The lowest BCUT2D eigenvalue weighted by Crippen LogP contribution is -2.20. The van der Waals surface area contributed by atoms with Crippen molar-refractivity contribution in [3.63, 3.8) is 0 Å². The molecule has 9 nitrogen and oxygen atoms in total. The van der Waals surface area contributed by atoms with Crippen LogP contribution in [0.2, 0.25) is 0 Å². The minimum atomic E-state index is -0.0791. The van der Waals surface area contributed by atoms with Crippen molar-refractivity contribution in [1.29, 1.82) is 0 Å². The molecular formula is C17H19N7O2. The Morgan fingerprint density at radius 3 is 2.88 bits per heavy atom. The average Bonchev–Trinajstić information content (AvgIpc) is 3.40.